The van der Waals surface area contributed by atoms with E-state index in [1.54, 1.807) is 30.3 Å². The number of thiophene rings is 1. The quantitative estimate of drug-likeness (QED) is 0.340. The van der Waals surface area contributed by atoms with Crippen LogP contribution in [0.2, 0.25) is 0 Å². The van der Waals surface area contributed by atoms with Crippen molar-refractivity contribution < 1.29 is 32.6 Å². The average molecular weight is 506 g/mol. The van der Waals surface area contributed by atoms with Gasteiger partial charge in [-0.2, -0.15) is 13.2 Å². The third-order valence-corrected chi connectivity index (χ3v) is 6.28. The van der Waals surface area contributed by atoms with Crippen molar-refractivity contribution in [3.8, 4) is 16.9 Å². The number of halogens is 3. The minimum atomic E-state index is -4.36. The van der Waals surface area contributed by atoms with E-state index in [4.69, 9.17) is 9.84 Å². The Kier molecular flexibility index (Phi) is 8.22. The molecule has 9 heteroatoms. The Morgan fingerprint density at radius 3 is 2.11 bits per heavy atom. The lowest BCUT2D eigenvalue weighted by Gasteiger charge is -2.24. The second-order valence-corrected chi connectivity index (χ2v) is 10.1. The summed E-state index contributed by atoms with van der Waals surface area (Å²) in [5, 5.41) is 11.3. The standard InChI is InChI=1S/C26H26F3NO4S/c1-25(2,15-21-11-12-22(35-21)24(33)30-14-13-23(31)32)16-34-20-9-5-18(6-10-20)17-3-7-19(8-4-17)26(27,28)29/h3-12H,13-16H2,1-2H3,(H,30,33)(H,31,32). The van der Waals surface area contributed by atoms with Gasteiger partial charge in [0.25, 0.3) is 5.91 Å². The van der Waals surface area contributed by atoms with E-state index in [1.165, 1.54) is 23.5 Å². The van der Waals surface area contributed by atoms with Crippen LogP contribution in [-0.4, -0.2) is 30.1 Å². The molecule has 2 aromatic carbocycles. The van der Waals surface area contributed by atoms with Gasteiger partial charge in [-0.15, -0.1) is 11.3 Å². The van der Waals surface area contributed by atoms with E-state index in [0.717, 1.165) is 22.6 Å². The molecule has 0 saturated carbocycles. The SMILES string of the molecule is CC(C)(COc1ccc(-c2ccc(C(F)(F)F)cc2)cc1)Cc1ccc(C(=O)NCCC(=O)O)s1. The Morgan fingerprint density at radius 1 is 0.943 bits per heavy atom. The molecule has 2 N–H and O–H groups in total. The molecule has 186 valence electrons. The van der Waals surface area contributed by atoms with Crippen molar-refractivity contribution in [2.45, 2.75) is 32.9 Å². The van der Waals surface area contributed by atoms with Crippen molar-refractivity contribution in [1.82, 2.24) is 5.32 Å². The highest BCUT2D eigenvalue weighted by molar-refractivity contribution is 7.14. The van der Waals surface area contributed by atoms with Crippen LogP contribution >= 0.6 is 11.3 Å². The van der Waals surface area contributed by atoms with Crippen molar-refractivity contribution in [2.24, 2.45) is 5.41 Å². The van der Waals surface area contributed by atoms with Gasteiger partial charge in [0.15, 0.2) is 0 Å². The van der Waals surface area contributed by atoms with Crippen molar-refractivity contribution in [2.75, 3.05) is 13.2 Å². The number of aliphatic carboxylic acids is 1. The first kappa shape index (κ1) is 26.3. The van der Waals surface area contributed by atoms with E-state index < -0.39 is 17.7 Å². The highest BCUT2D eigenvalue weighted by atomic mass is 32.1. The highest BCUT2D eigenvalue weighted by Gasteiger charge is 2.30. The molecule has 0 unspecified atom stereocenters. The molecule has 0 aliphatic carbocycles. The van der Waals surface area contributed by atoms with E-state index in [0.29, 0.717) is 29.2 Å². The van der Waals surface area contributed by atoms with Gasteiger partial charge in [0.05, 0.1) is 23.5 Å². The molecule has 0 spiro atoms. The van der Waals surface area contributed by atoms with E-state index in [2.05, 4.69) is 19.2 Å². The van der Waals surface area contributed by atoms with Crippen LogP contribution in [0, 0.1) is 5.41 Å². The van der Waals surface area contributed by atoms with E-state index in [1.807, 2.05) is 6.07 Å². The minimum absolute atomic E-state index is 0.0817. The molecule has 0 bridgehead atoms. The number of hydrogen-bond donors (Lipinski definition) is 2. The molecule has 1 heterocycles. The molecule has 0 aliphatic heterocycles. The molecule has 0 atom stereocenters. The van der Waals surface area contributed by atoms with Gasteiger partial charge >= 0.3 is 12.1 Å². The van der Waals surface area contributed by atoms with E-state index >= 15 is 0 Å². The van der Waals surface area contributed by atoms with Crippen molar-refractivity contribution in [1.29, 1.82) is 0 Å². The van der Waals surface area contributed by atoms with Gasteiger partial charge in [-0.1, -0.05) is 38.1 Å². The summed E-state index contributed by atoms with van der Waals surface area (Å²) < 4.78 is 44.2. The Hall–Kier alpha value is -3.33. The largest absolute Gasteiger partial charge is 0.493 e. The molecular weight excluding hydrogens is 479 g/mol. The number of benzene rings is 2. The Labute approximate surface area is 205 Å². The smallest absolute Gasteiger partial charge is 0.416 e. The van der Waals surface area contributed by atoms with Crippen LogP contribution in [-0.2, 0) is 17.4 Å². The third-order valence-electron chi connectivity index (χ3n) is 5.19. The first-order valence-corrected chi connectivity index (χ1v) is 11.7. The maximum absolute atomic E-state index is 12.7. The molecule has 3 rings (SSSR count). The normalized spacial score (nSPS) is 11.8. The monoisotopic (exact) mass is 505 g/mol. The summed E-state index contributed by atoms with van der Waals surface area (Å²) in [5.74, 6) is -0.601. The maximum atomic E-state index is 12.7. The molecule has 35 heavy (non-hydrogen) atoms. The zero-order valence-electron chi connectivity index (χ0n) is 19.3. The van der Waals surface area contributed by atoms with Crippen LogP contribution < -0.4 is 10.1 Å². The number of ether oxygens (including phenoxy) is 1. The van der Waals surface area contributed by atoms with Gasteiger partial charge in [-0.3, -0.25) is 9.59 Å². The fourth-order valence-electron chi connectivity index (χ4n) is 3.36. The molecule has 0 radical (unpaired) electrons. The highest BCUT2D eigenvalue weighted by Crippen LogP contribution is 2.32. The lowest BCUT2D eigenvalue weighted by atomic mass is 9.90. The molecule has 1 amide bonds. The molecule has 1 aromatic heterocycles. The number of carbonyl (C=O) groups excluding carboxylic acids is 1. The first-order valence-electron chi connectivity index (χ1n) is 10.9. The summed E-state index contributed by atoms with van der Waals surface area (Å²) in [5.41, 5.74) is 0.567. The number of carbonyl (C=O) groups is 2. The summed E-state index contributed by atoms with van der Waals surface area (Å²) in [6, 6.07) is 15.8. The summed E-state index contributed by atoms with van der Waals surface area (Å²) in [4.78, 5) is 24.3. The third kappa shape index (κ3) is 7.85. The van der Waals surface area contributed by atoms with Crippen LogP contribution in [0.5, 0.6) is 5.75 Å². The van der Waals surface area contributed by atoms with Crippen LogP contribution in [0.4, 0.5) is 13.2 Å². The summed E-state index contributed by atoms with van der Waals surface area (Å²) >= 11 is 1.36. The van der Waals surface area contributed by atoms with Gasteiger partial charge in [0.1, 0.15) is 5.75 Å². The summed E-state index contributed by atoms with van der Waals surface area (Å²) in [7, 11) is 0. The first-order chi connectivity index (χ1) is 16.4. The number of amides is 1. The van der Waals surface area contributed by atoms with E-state index in [9.17, 15) is 22.8 Å². The van der Waals surface area contributed by atoms with Crippen LogP contribution in [0.15, 0.2) is 60.7 Å². The molecule has 0 saturated heterocycles. The minimum Gasteiger partial charge on any atom is -0.493 e. The van der Waals surface area contributed by atoms with Gasteiger partial charge < -0.3 is 15.2 Å². The second-order valence-electron chi connectivity index (χ2n) is 8.89. The summed E-state index contributed by atoms with van der Waals surface area (Å²) in [6.45, 7) is 4.61. The Morgan fingerprint density at radius 2 is 1.54 bits per heavy atom. The number of rotatable bonds is 10. The average Bonchev–Trinajstić information content (AvgIpc) is 3.25. The molecule has 0 fully saturated rings. The fourth-order valence-corrected chi connectivity index (χ4v) is 4.54. The van der Waals surface area contributed by atoms with Gasteiger partial charge in [0, 0.05) is 16.8 Å². The topological polar surface area (TPSA) is 75.6 Å². The fraction of sp³-hybridized carbons (Fsp3) is 0.308. The summed E-state index contributed by atoms with van der Waals surface area (Å²) in [6.07, 6.45) is -3.80. The second kappa shape index (κ2) is 10.9. The molecular formula is C26H26F3NO4S. The molecule has 3 aromatic rings. The van der Waals surface area contributed by atoms with Crippen molar-refractivity contribution >= 4 is 23.2 Å². The van der Waals surface area contributed by atoms with Gasteiger partial charge in [-0.05, 0) is 53.9 Å². The Bertz CT molecular complexity index is 1150. The van der Waals surface area contributed by atoms with Crippen LogP contribution in [0.25, 0.3) is 11.1 Å². The predicted octanol–water partition coefficient (Wildman–Crippen LogP) is 6.29. The predicted molar refractivity (Wildman–Crippen MR) is 129 cm³/mol. The zero-order chi connectivity index (χ0) is 25.6. The molecule has 0 aliphatic rings. The lowest BCUT2D eigenvalue weighted by molar-refractivity contribution is -0.138. The molecule has 5 nitrogen and oxygen atoms in total. The van der Waals surface area contributed by atoms with Crippen molar-refractivity contribution in [3.63, 3.8) is 0 Å². The van der Waals surface area contributed by atoms with E-state index in [-0.39, 0.29) is 24.3 Å². The number of nitrogens with one attached hydrogen (secondary N) is 1. The Balaban J connectivity index is 1.53. The lowest BCUT2D eigenvalue weighted by Crippen LogP contribution is -2.25. The number of hydrogen-bond acceptors (Lipinski definition) is 4. The van der Waals surface area contributed by atoms with Gasteiger partial charge in [0.2, 0.25) is 0 Å². The van der Waals surface area contributed by atoms with Gasteiger partial charge in [-0.25, -0.2) is 0 Å². The number of alkyl halides is 3. The maximum Gasteiger partial charge on any atom is 0.416 e. The van der Waals surface area contributed by atoms with Crippen LogP contribution in [0.1, 0.15) is 40.4 Å². The number of carboxylic acid groups (broad SMARTS) is 1. The zero-order valence-corrected chi connectivity index (χ0v) is 20.1. The van der Waals surface area contributed by atoms with Crippen molar-refractivity contribution in [3.05, 3.63) is 76.0 Å². The number of carboxylic acids is 1. The van der Waals surface area contributed by atoms with Crippen LogP contribution in [0.3, 0.4) is 0 Å².